The van der Waals surface area contributed by atoms with Gasteiger partial charge in [0.15, 0.2) is 0 Å². The highest BCUT2D eigenvalue weighted by Gasteiger charge is 2.24. The number of nitrogens with one attached hydrogen (secondary N) is 1. The van der Waals surface area contributed by atoms with Gasteiger partial charge in [0.1, 0.15) is 5.15 Å². The largest absolute Gasteiger partial charge is 0.324 e. The Balaban J connectivity index is 1.97. The molecule has 1 saturated heterocycles. The summed E-state index contributed by atoms with van der Waals surface area (Å²) in [7, 11) is -1.99. The van der Waals surface area contributed by atoms with Crippen LogP contribution in [0.25, 0.3) is 0 Å². The van der Waals surface area contributed by atoms with Crippen LogP contribution in [0.4, 0.5) is 0 Å². The van der Waals surface area contributed by atoms with E-state index in [1.165, 1.54) is 30.2 Å². The van der Waals surface area contributed by atoms with Crippen LogP contribution >= 0.6 is 11.6 Å². The van der Waals surface area contributed by atoms with E-state index in [0.717, 1.165) is 13.1 Å². The monoisotopic (exact) mass is 320 g/mol. The molecule has 6 nitrogen and oxygen atoms in total. The molecular formula is C12H21ClN4O2S. The van der Waals surface area contributed by atoms with Crippen molar-refractivity contribution in [3.8, 4) is 0 Å². The summed E-state index contributed by atoms with van der Waals surface area (Å²) in [6, 6.07) is 0.174. The summed E-state index contributed by atoms with van der Waals surface area (Å²) in [5.41, 5.74) is 0. The normalized spacial score (nSPS) is 19.1. The quantitative estimate of drug-likeness (QED) is 0.886. The Morgan fingerprint density at radius 3 is 2.60 bits per heavy atom. The van der Waals surface area contributed by atoms with E-state index in [-0.39, 0.29) is 16.2 Å². The number of aryl methyl sites for hydroxylation is 1. The molecule has 0 saturated carbocycles. The topological polar surface area (TPSA) is 67.2 Å². The molecule has 1 aliphatic rings. The summed E-state index contributed by atoms with van der Waals surface area (Å²) in [6.07, 6.45) is 5.02. The lowest BCUT2D eigenvalue weighted by Crippen LogP contribution is -2.44. The zero-order chi connectivity index (χ0) is 14.8. The molecule has 0 radical (unpaired) electrons. The molecule has 20 heavy (non-hydrogen) atoms. The average molecular weight is 321 g/mol. The van der Waals surface area contributed by atoms with Gasteiger partial charge in [0.05, 0.1) is 6.33 Å². The predicted octanol–water partition coefficient (Wildman–Crippen LogP) is 1.23. The van der Waals surface area contributed by atoms with Crippen LogP contribution in [-0.4, -0.2) is 48.5 Å². The van der Waals surface area contributed by atoms with Crippen LogP contribution in [0.15, 0.2) is 11.4 Å². The van der Waals surface area contributed by atoms with E-state index in [9.17, 15) is 8.42 Å². The molecule has 114 valence electrons. The molecule has 0 spiro atoms. The molecule has 1 fully saturated rings. The highest BCUT2D eigenvalue weighted by atomic mass is 35.5. The molecule has 1 aromatic heterocycles. The lowest BCUT2D eigenvalue weighted by molar-refractivity contribution is 0.175. The minimum Gasteiger partial charge on any atom is -0.324 e. The van der Waals surface area contributed by atoms with Crippen molar-refractivity contribution in [3.05, 3.63) is 11.5 Å². The third-order valence-corrected chi connectivity index (χ3v) is 5.58. The van der Waals surface area contributed by atoms with Gasteiger partial charge in [-0.2, -0.15) is 0 Å². The summed E-state index contributed by atoms with van der Waals surface area (Å²) in [4.78, 5) is 6.16. The van der Waals surface area contributed by atoms with Crippen LogP contribution in [0.1, 0.15) is 26.2 Å². The van der Waals surface area contributed by atoms with Gasteiger partial charge >= 0.3 is 0 Å². The van der Waals surface area contributed by atoms with Crippen molar-refractivity contribution < 1.29 is 8.42 Å². The van der Waals surface area contributed by atoms with E-state index in [1.807, 2.05) is 6.92 Å². The lowest BCUT2D eigenvalue weighted by Gasteiger charge is -2.32. The molecule has 1 N–H and O–H groups in total. The third kappa shape index (κ3) is 3.52. The Hall–Kier alpha value is -0.630. The van der Waals surface area contributed by atoms with Gasteiger partial charge < -0.3 is 4.57 Å². The fourth-order valence-electron chi connectivity index (χ4n) is 2.36. The highest BCUT2D eigenvalue weighted by Crippen LogP contribution is 2.18. The highest BCUT2D eigenvalue weighted by molar-refractivity contribution is 7.89. The Bertz CT molecular complexity index is 552. The van der Waals surface area contributed by atoms with Gasteiger partial charge in [-0.3, -0.25) is 4.90 Å². The van der Waals surface area contributed by atoms with Crippen LogP contribution in [-0.2, 0) is 17.1 Å². The van der Waals surface area contributed by atoms with Gasteiger partial charge in [-0.05, 0) is 32.9 Å². The van der Waals surface area contributed by atoms with Gasteiger partial charge in [0.2, 0.25) is 5.03 Å². The summed E-state index contributed by atoms with van der Waals surface area (Å²) in [5.74, 6) is 0. The molecule has 2 rings (SSSR count). The number of piperidine rings is 1. The van der Waals surface area contributed by atoms with Crippen molar-refractivity contribution in [1.82, 2.24) is 19.2 Å². The molecule has 1 aliphatic heterocycles. The van der Waals surface area contributed by atoms with E-state index in [1.54, 1.807) is 7.05 Å². The predicted molar refractivity (Wildman–Crippen MR) is 78.3 cm³/mol. The SMILES string of the molecule is CC(CNS(=O)(=O)c1ncn(C)c1Cl)N1CCCCC1. The molecule has 0 amide bonds. The van der Waals surface area contributed by atoms with Crippen LogP contribution < -0.4 is 4.72 Å². The first-order chi connectivity index (χ1) is 9.42. The summed E-state index contributed by atoms with van der Waals surface area (Å²) < 4.78 is 28.4. The number of hydrogen-bond acceptors (Lipinski definition) is 4. The molecule has 1 atom stereocenters. The van der Waals surface area contributed by atoms with Crippen molar-refractivity contribution >= 4 is 21.6 Å². The third-order valence-electron chi connectivity index (χ3n) is 3.67. The second-order valence-electron chi connectivity index (χ2n) is 5.25. The molecular weight excluding hydrogens is 300 g/mol. The van der Waals surface area contributed by atoms with Crippen LogP contribution in [0.5, 0.6) is 0 Å². The number of sulfonamides is 1. The molecule has 1 aromatic rings. The Morgan fingerprint density at radius 1 is 1.40 bits per heavy atom. The van der Waals surface area contributed by atoms with E-state index < -0.39 is 10.0 Å². The summed E-state index contributed by atoms with van der Waals surface area (Å²) >= 11 is 5.93. The average Bonchev–Trinajstić information content (AvgIpc) is 2.78. The number of rotatable bonds is 5. The van der Waals surface area contributed by atoms with Crippen LogP contribution in [0.3, 0.4) is 0 Å². The maximum Gasteiger partial charge on any atom is 0.261 e. The first-order valence-electron chi connectivity index (χ1n) is 6.82. The zero-order valence-corrected chi connectivity index (χ0v) is 13.4. The van der Waals surface area contributed by atoms with Gasteiger partial charge in [-0.1, -0.05) is 18.0 Å². The smallest absolute Gasteiger partial charge is 0.261 e. The lowest BCUT2D eigenvalue weighted by atomic mass is 10.1. The number of nitrogens with zero attached hydrogens (tertiary/aromatic N) is 3. The first-order valence-corrected chi connectivity index (χ1v) is 8.68. The standard InChI is InChI=1S/C12H21ClN4O2S/c1-10(17-6-4-3-5-7-17)8-15-20(18,19)12-11(13)16(2)9-14-12/h9-10,15H,3-8H2,1-2H3. The van der Waals surface area contributed by atoms with Crippen molar-refractivity contribution in [2.75, 3.05) is 19.6 Å². The van der Waals surface area contributed by atoms with Gasteiger partial charge in [0, 0.05) is 19.6 Å². The number of hydrogen-bond donors (Lipinski definition) is 1. The van der Waals surface area contributed by atoms with E-state index in [0.29, 0.717) is 6.54 Å². The molecule has 1 unspecified atom stereocenters. The first kappa shape index (κ1) is 15.8. The summed E-state index contributed by atoms with van der Waals surface area (Å²) in [6.45, 7) is 4.48. The number of imidazole rings is 1. The maximum atomic E-state index is 12.2. The Kier molecular flexibility index (Phi) is 5.06. The Morgan fingerprint density at radius 2 is 2.05 bits per heavy atom. The van der Waals surface area contributed by atoms with Crippen molar-refractivity contribution in [2.45, 2.75) is 37.3 Å². The minimum atomic E-state index is -3.64. The van der Waals surface area contributed by atoms with Gasteiger partial charge in [-0.25, -0.2) is 18.1 Å². The van der Waals surface area contributed by atoms with Gasteiger partial charge in [-0.15, -0.1) is 0 Å². The molecule has 8 heteroatoms. The molecule has 2 heterocycles. The van der Waals surface area contributed by atoms with Gasteiger partial charge in [0.25, 0.3) is 10.0 Å². The van der Waals surface area contributed by atoms with E-state index >= 15 is 0 Å². The molecule has 0 bridgehead atoms. The van der Waals surface area contributed by atoms with E-state index in [2.05, 4.69) is 14.6 Å². The van der Waals surface area contributed by atoms with Crippen molar-refractivity contribution in [2.24, 2.45) is 7.05 Å². The van der Waals surface area contributed by atoms with Crippen LogP contribution in [0, 0.1) is 0 Å². The zero-order valence-electron chi connectivity index (χ0n) is 11.8. The molecule has 0 aromatic carbocycles. The second-order valence-corrected chi connectivity index (χ2v) is 7.29. The second kappa shape index (κ2) is 6.43. The number of likely N-dealkylation sites (tertiary alicyclic amines) is 1. The van der Waals surface area contributed by atoms with Crippen molar-refractivity contribution in [1.29, 1.82) is 0 Å². The molecule has 0 aliphatic carbocycles. The van der Waals surface area contributed by atoms with E-state index in [4.69, 9.17) is 11.6 Å². The van der Waals surface area contributed by atoms with Crippen LogP contribution in [0.2, 0.25) is 5.15 Å². The minimum absolute atomic E-state index is 0.104. The number of halogens is 1. The fraction of sp³-hybridized carbons (Fsp3) is 0.750. The maximum absolute atomic E-state index is 12.2. The number of aromatic nitrogens is 2. The summed E-state index contributed by atoms with van der Waals surface area (Å²) in [5, 5.41) is 0.0237. The van der Waals surface area contributed by atoms with Crippen molar-refractivity contribution in [3.63, 3.8) is 0 Å². The Labute approximate surface area is 125 Å². The fourth-order valence-corrected chi connectivity index (χ4v) is 3.91.